The van der Waals surface area contributed by atoms with Crippen LogP contribution in [0, 0.1) is 0 Å². The van der Waals surface area contributed by atoms with E-state index in [4.69, 9.17) is 0 Å². The van der Waals surface area contributed by atoms with Gasteiger partial charge in [-0.2, -0.15) is 0 Å². The zero-order valence-corrected chi connectivity index (χ0v) is 12.2. The lowest BCUT2D eigenvalue weighted by Gasteiger charge is -2.23. The minimum Gasteiger partial charge on any atom is -0.312 e. The van der Waals surface area contributed by atoms with Crippen molar-refractivity contribution in [2.45, 2.75) is 38.6 Å². The second-order valence-corrected chi connectivity index (χ2v) is 6.24. The third-order valence-electron chi connectivity index (χ3n) is 3.79. The first-order valence-electron chi connectivity index (χ1n) is 7.11. The monoisotopic (exact) mass is 272 g/mol. The number of benzene rings is 1. The van der Waals surface area contributed by atoms with Gasteiger partial charge in [-0.05, 0) is 36.9 Å². The van der Waals surface area contributed by atoms with Gasteiger partial charge in [0.15, 0.2) is 0 Å². The molecule has 0 fully saturated rings. The molecule has 0 amide bonds. The molecular formula is C16H20N2S. The molecule has 0 radical (unpaired) electrons. The first kappa shape index (κ1) is 12.8. The number of nitrogens with one attached hydrogen (secondary N) is 1. The minimum absolute atomic E-state index is 0.519. The van der Waals surface area contributed by atoms with Crippen molar-refractivity contribution < 1.29 is 0 Å². The molecule has 1 aromatic heterocycles. The lowest BCUT2D eigenvalue weighted by atomic mass is 9.83. The normalized spacial score (nSPS) is 18.3. The summed E-state index contributed by atoms with van der Waals surface area (Å²) < 4.78 is 0. The highest BCUT2D eigenvalue weighted by atomic mass is 32.1. The van der Waals surface area contributed by atoms with E-state index in [9.17, 15) is 0 Å². The Morgan fingerprint density at radius 1 is 1.37 bits per heavy atom. The van der Waals surface area contributed by atoms with E-state index < -0.39 is 0 Å². The van der Waals surface area contributed by atoms with E-state index in [2.05, 4.69) is 41.5 Å². The minimum atomic E-state index is 0.519. The van der Waals surface area contributed by atoms with Gasteiger partial charge in [0.2, 0.25) is 0 Å². The van der Waals surface area contributed by atoms with E-state index >= 15 is 0 Å². The van der Waals surface area contributed by atoms with Crippen LogP contribution < -0.4 is 5.32 Å². The van der Waals surface area contributed by atoms with Crippen LogP contribution in [0.2, 0.25) is 0 Å². The van der Waals surface area contributed by atoms with Crippen LogP contribution in [0.15, 0.2) is 30.5 Å². The van der Waals surface area contributed by atoms with Gasteiger partial charge in [-0.15, -0.1) is 11.3 Å². The number of hydrogen-bond acceptors (Lipinski definition) is 3. The summed E-state index contributed by atoms with van der Waals surface area (Å²) in [6, 6.07) is 8.86. The second-order valence-electron chi connectivity index (χ2n) is 5.09. The van der Waals surface area contributed by atoms with Crippen molar-refractivity contribution in [1.82, 2.24) is 10.3 Å². The molecule has 100 valence electrons. The van der Waals surface area contributed by atoms with Crippen molar-refractivity contribution >= 4 is 11.3 Å². The molecule has 2 nitrogen and oxygen atoms in total. The Balaban J connectivity index is 1.85. The molecule has 0 saturated carbocycles. The summed E-state index contributed by atoms with van der Waals surface area (Å²) in [6.45, 7) is 4.10. The van der Waals surface area contributed by atoms with Gasteiger partial charge in [-0.1, -0.05) is 31.2 Å². The highest BCUT2D eigenvalue weighted by molar-refractivity contribution is 7.11. The fourth-order valence-corrected chi connectivity index (χ4v) is 3.86. The Kier molecular flexibility index (Phi) is 3.95. The molecule has 1 atom stereocenters. The Hall–Kier alpha value is -1.19. The quantitative estimate of drug-likeness (QED) is 0.917. The number of rotatable bonds is 4. The van der Waals surface area contributed by atoms with Crippen molar-refractivity contribution in [3.63, 3.8) is 0 Å². The summed E-state index contributed by atoms with van der Waals surface area (Å²) >= 11 is 1.87. The third-order valence-corrected chi connectivity index (χ3v) is 4.90. The van der Waals surface area contributed by atoms with E-state index in [1.807, 2.05) is 17.5 Å². The molecule has 1 unspecified atom stereocenters. The van der Waals surface area contributed by atoms with Crippen molar-refractivity contribution in [2.75, 3.05) is 6.54 Å². The Morgan fingerprint density at radius 2 is 2.26 bits per heavy atom. The lowest BCUT2D eigenvalue weighted by molar-refractivity contribution is 0.613. The number of thiazole rings is 1. The zero-order chi connectivity index (χ0) is 13.1. The topological polar surface area (TPSA) is 24.9 Å². The fraction of sp³-hybridized carbons (Fsp3) is 0.438. The van der Waals surface area contributed by atoms with Crippen molar-refractivity contribution in [2.24, 2.45) is 0 Å². The molecule has 1 heterocycles. The van der Waals surface area contributed by atoms with Gasteiger partial charge in [0.25, 0.3) is 0 Å². The molecule has 1 aliphatic carbocycles. The van der Waals surface area contributed by atoms with Crippen LogP contribution in [0.1, 0.15) is 46.7 Å². The summed E-state index contributed by atoms with van der Waals surface area (Å²) in [7, 11) is 0. The first-order chi connectivity index (χ1) is 9.38. The van der Waals surface area contributed by atoms with Gasteiger partial charge in [0.1, 0.15) is 5.01 Å². The SMILES string of the molecule is CCNCc1cnc(C2CCCc3ccccc32)s1. The van der Waals surface area contributed by atoms with Crippen molar-refractivity contribution in [3.05, 3.63) is 51.5 Å². The molecule has 19 heavy (non-hydrogen) atoms. The van der Waals surface area contributed by atoms with Gasteiger partial charge in [0.05, 0.1) is 0 Å². The maximum atomic E-state index is 4.67. The zero-order valence-electron chi connectivity index (χ0n) is 11.4. The summed E-state index contributed by atoms with van der Waals surface area (Å²) in [4.78, 5) is 6.02. The largest absolute Gasteiger partial charge is 0.312 e. The van der Waals surface area contributed by atoms with Gasteiger partial charge in [0, 0.05) is 23.5 Å². The molecule has 2 aromatic rings. The molecular weight excluding hydrogens is 252 g/mol. The van der Waals surface area contributed by atoms with Crippen LogP contribution in [0.4, 0.5) is 0 Å². The Bertz CT molecular complexity index is 547. The predicted octanol–water partition coefficient (Wildman–Crippen LogP) is 3.72. The summed E-state index contributed by atoms with van der Waals surface area (Å²) in [5, 5.41) is 4.66. The van der Waals surface area contributed by atoms with Gasteiger partial charge >= 0.3 is 0 Å². The van der Waals surface area contributed by atoms with Gasteiger partial charge in [-0.3, -0.25) is 0 Å². The van der Waals surface area contributed by atoms with Crippen LogP contribution in [0.5, 0.6) is 0 Å². The third kappa shape index (κ3) is 2.72. The average molecular weight is 272 g/mol. The van der Waals surface area contributed by atoms with Crippen LogP contribution >= 0.6 is 11.3 Å². The summed E-state index contributed by atoms with van der Waals surface area (Å²) in [6.07, 6.45) is 5.79. The van der Waals surface area contributed by atoms with E-state index in [-0.39, 0.29) is 0 Å². The molecule has 0 bridgehead atoms. The van der Waals surface area contributed by atoms with Crippen LogP contribution in [0.25, 0.3) is 0 Å². The molecule has 0 aliphatic heterocycles. The van der Waals surface area contributed by atoms with Crippen LogP contribution in [-0.2, 0) is 13.0 Å². The molecule has 1 aliphatic rings. The standard InChI is InChI=1S/C16H20N2S/c1-2-17-10-13-11-18-16(19-13)15-9-5-7-12-6-3-4-8-14(12)15/h3-4,6,8,11,15,17H,2,5,7,9-10H2,1H3. The lowest BCUT2D eigenvalue weighted by Crippen LogP contribution is -2.11. The van der Waals surface area contributed by atoms with E-state index in [1.54, 1.807) is 0 Å². The maximum absolute atomic E-state index is 4.67. The molecule has 0 spiro atoms. The average Bonchev–Trinajstić information content (AvgIpc) is 2.93. The number of aromatic nitrogens is 1. The molecule has 1 N–H and O–H groups in total. The van der Waals surface area contributed by atoms with Crippen molar-refractivity contribution in [3.8, 4) is 0 Å². The number of fused-ring (bicyclic) bond motifs is 1. The Labute approximate surface area is 118 Å². The predicted molar refractivity (Wildman–Crippen MR) is 80.7 cm³/mol. The number of aryl methyl sites for hydroxylation is 1. The highest BCUT2D eigenvalue weighted by Gasteiger charge is 2.23. The van der Waals surface area contributed by atoms with Gasteiger partial charge < -0.3 is 5.32 Å². The van der Waals surface area contributed by atoms with E-state index in [1.165, 1.54) is 40.3 Å². The molecule has 0 saturated heterocycles. The second kappa shape index (κ2) is 5.85. The Morgan fingerprint density at radius 3 is 3.16 bits per heavy atom. The van der Waals surface area contributed by atoms with Crippen LogP contribution in [-0.4, -0.2) is 11.5 Å². The number of nitrogens with zero attached hydrogens (tertiary/aromatic N) is 1. The number of hydrogen-bond donors (Lipinski definition) is 1. The fourth-order valence-electron chi connectivity index (χ4n) is 2.82. The molecule has 3 heteroatoms. The highest BCUT2D eigenvalue weighted by Crippen LogP contribution is 2.38. The molecule has 1 aromatic carbocycles. The van der Waals surface area contributed by atoms with Crippen LogP contribution in [0.3, 0.4) is 0 Å². The maximum Gasteiger partial charge on any atom is 0.100 e. The van der Waals surface area contributed by atoms with Gasteiger partial charge in [-0.25, -0.2) is 4.98 Å². The summed E-state index contributed by atoms with van der Waals surface area (Å²) in [5.74, 6) is 0.519. The molecule has 3 rings (SSSR count). The first-order valence-corrected chi connectivity index (χ1v) is 7.93. The van der Waals surface area contributed by atoms with Crippen molar-refractivity contribution in [1.29, 1.82) is 0 Å². The van der Waals surface area contributed by atoms with E-state index in [0.29, 0.717) is 5.92 Å². The summed E-state index contributed by atoms with van der Waals surface area (Å²) in [5.41, 5.74) is 3.01. The van der Waals surface area contributed by atoms with E-state index in [0.717, 1.165) is 13.1 Å². The smallest absolute Gasteiger partial charge is 0.100 e.